The number of rotatable bonds is 1. The number of methoxy groups -OCH3 is 1. The van der Waals surface area contributed by atoms with Crippen LogP contribution in [-0.2, 0) is 16.0 Å². The van der Waals surface area contributed by atoms with Crippen LogP contribution < -0.4 is 4.74 Å². The molecule has 0 radical (unpaired) electrons. The quantitative estimate of drug-likeness (QED) is 0.688. The monoisotopic (exact) mass is 226 g/mol. The Morgan fingerprint density at radius 2 is 2.40 bits per heavy atom. The minimum absolute atomic E-state index is 0.221. The van der Waals surface area contributed by atoms with Crippen LogP contribution in [-0.4, -0.2) is 19.7 Å². The first-order valence-electron chi connectivity index (χ1n) is 4.70. The molecule has 15 heavy (non-hydrogen) atoms. The van der Waals surface area contributed by atoms with E-state index < -0.39 is 0 Å². The minimum Gasteiger partial charge on any atom is -0.492 e. The SMILES string of the molecule is COC(=O)C1COc2ccc(Cl)cc2C1. The van der Waals surface area contributed by atoms with Gasteiger partial charge in [0.25, 0.3) is 0 Å². The van der Waals surface area contributed by atoms with Crippen LogP contribution in [0.4, 0.5) is 0 Å². The Morgan fingerprint density at radius 1 is 1.60 bits per heavy atom. The Bertz CT molecular complexity index is 389. The van der Waals surface area contributed by atoms with Gasteiger partial charge in [-0.3, -0.25) is 4.79 Å². The Morgan fingerprint density at radius 3 is 3.13 bits per heavy atom. The third kappa shape index (κ3) is 2.07. The van der Waals surface area contributed by atoms with Crippen molar-refractivity contribution in [3.05, 3.63) is 28.8 Å². The fraction of sp³-hybridized carbons (Fsp3) is 0.364. The standard InChI is InChI=1S/C11H11ClO3/c1-14-11(13)8-4-7-5-9(12)2-3-10(7)15-6-8/h2-3,5,8H,4,6H2,1H3. The van der Waals surface area contributed by atoms with Gasteiger partial charge in [-0.05, 0) is 30.2 Å². The lowest BCUT2D eigenvalue weighted by Crippen LogP contribution is -2.29. The first-order valence-corrected chi connectivity index (χ1v) is 5.07. The summed E-state index contributed by atoms with van der Waals surface area (Å²) in [5.74, 6) is 0.348. The molecule has 0 bridgehead atoms. The highest BCUT2D eigenvalue weighted by atomic mass is 35.5. The molecule has 0 saturated carbocycles. The van der Waals surface area contributed by atoms with Crippen molar-refractivity contribution in [2.45, 2.75) is 6.42 Å². The Hall–Kier alpha value is -1.22. The number of hydrogen-bond donors (Lipinski definition) is 0. The zero-order valence-electron chi connectivity index (χ0n) is 8.33. The molecule has 0 saturated heterocycles. The highest BCUT2D eigenvalue weighted by Gasteiger charge is 2.26. The summed E-state index contributed by atoms with van der Waals surface area (Å²) in [5.41, 5.74) is 0.962. The third-order valence-corrected chi connectivity index (χ3v) is 2.70. The van der Waals surface area contributed by atoms with Crippen LogP contribution in [0.3, 0.4) is 0 Å². The molecule has 1 aliphatic rings. The maximum absolute atomic E-state index is 11.3. The largest absolute Gasteiger partial charge is 0.492 e. The second kappa shape index (κ2) is 4.11. The average Bonchev–Trinajstić information content (AvgIpc) is 2.27. The number of benzene rings is 1. The van der Waals surface area contributed by atoms with Crippen molar-refractivity contribution in [3.8, 4) is 5.75 Å². The van der Waals surface area contributed by atoms with E-state index in [1.807, 2.05) is 12.1 Å². The van der Waals surface area contributed by atoms with Crippen LogP contribution in [0.15, 0.2) is 18.2 Å². The van der Waals surface area contributed by atoms with Crippen LogP contribution in [0.25, 0.3) is 0 Å². The van der Waals surface area contributed by atoms with E-state index in [4.69, 9.17) is 16.3 Å². The topological polar surface area (TPSA) is 35.5 Å². The molecule has 0 aliphatic carbocycles. The first kappa shape index (κ1) is 10.3. The van der Waals surface area contributed by atoms with Crippen LogP contribution in [0.2, 0.25) is 5.02 Å². The molecule has 80 valence electrons. The molecule has 2 rings (SSSR count). The molecule has 1 aliphatic heterocycles. The van der Waals surface area contributed by atoms with Crippen molar-refractivity contribution in [3.63, 3.8) is 0 Å². The molecular formula is C11H11ClO3. The van der Waals surface area contributed by atoms with Crippen LogP contribution >= 0.6 is 11.6 Å². The van der Waals surface area contributed by atoms with Crippen molar-refractivity contribution in [2.75, 3.05) is 13.7 Å². The smallest absolute Gasteiger partial charge is 0.312 e. The van der Waals surface area contributed by atoms with Gasteiger partial charge in [-0.2, -0.15) is 0 Å². The minimum atomic E-state index is -0.236. The molecule has 0 N–H and O–H groups in total. The fourth-order valence-electron chi connectivity index (χ4n) is 1.68. The van der Waals surface area contributed by atoms with Crippen molar-refractivity contribution in [2.24, 2.45) is 5.92 Å². The van der Waals surface area contributed by atoms with E-state index in [1.54, 1.807) is 6.07 Å². The van der Waals surface area contributed by atoms with E-state index in [2.05, 4.69) is 4.74 Å². The molecule has 3 nitrogen and oxygen atoms in total. The van der Waals surface area contributed by atoms with Gasteiger partial charge in [0, 0.05) is 5.02 Å². The summed E-state index contributed by atoms with van der Waals surface area (Å²) in [4.78, 5) is 11.3. The van der Waals surface area contributed by atoms with Gasteiger partial charge in [-0.15, -0.1) is 0 Å². The maximum Gasteiger partial charge on any atom is 0.312 e. The summed E-state index contributed by atoms with van der Waals surface area (Å²) >= 11 is 5.87. The summed E-state index contributed by atoms with van der Waals surface area (Å²) in [6, 6.07) is 5.43. The highest BCUT2D eigenvalue weighted by Crippen LogP contribution is 2.29. The Kier molecular flexibility index (Phi) is 2.82. The number of carbonyl (C=O) groups excluding carboxylic acids is 1. The van der Waals surface area contributed by atoms with Crippen molar-refractivity contribution in [1.82, 2.24) is 0 Å². The second-order valence-electron chi connectivity index (χ2n) is 3.49. The number of esters is 1. The van der Waals surface area contributed by atoms with Gasteiger partial charge < -0.3 is 9.47 Å². The molecule has 1 unspecified atom stereocenters. The van der Waals surface area contributed by atoms with E-state index in [0.717, 1.165) is 11.3 Å². The molecule has 1 aromatic carbocycles. The van der Waals surface area contributed by atoms with Gasteiger partial charge in [-0.1, -0.05) is 11.6 Å². The lowest BCUT2D eigenvalue weighted by molar-refractivity contribution is -0.146. The second-order valence-corrected chi connectivity index (χ2v) is 3.92. The lowest BCUT2D eigenvalue weighted by Gasteiger charge is -2.23. The lowest BCUT2D eigenvalue weighted by atomic mass is 9.97. The number of carbonyl (C=O) groups is 1. The molecule has 0 amide bonds. The van der Waals surface area contributed by atoms with E-state index in [-0.39, 0.29) is 11.9 Å². The van der Waals surface area contributed by atoms with Gasteiger partial charge >= 0.3 is 5.97 Å². The molecule has 1 aromatic rings. The van der Waals surface area contributed by atoms with Crippen LogP contribution in [0, 0.1) is 5.92 Å². The molecule has 1 atom stereocenters. The van der Waals surface area contributed by atoms with Crippen LogP contribution in [0.1, 0.15) is 5.56 Å². The normalized spacial score (nSPS) is 18.9. The highest BCUT2D eigenvalue weighted by molar-refractivity contribution is 6.30. The molecular weight excluding hydrogens is 216 g/mol. The summed E-state index contributed by atoms with van der Waals surface area (Å²) in [6.45, 7) is 0.376. The Balaban J connectivity index is 2.22. The third-order valence-electron chi connectivity index (χ3n) is 2.46. The summed E-state index contributed by atoms with van der Waals surface area (Å²) in [5, 5.41) is 0.655. The van der Waals surface area contributed by atoms with Crippen molar-refractivity contribution >= 4 is 17.6 Å². The van der Waals surface area contributed by atoms with Crippen LogP contribution in [0.5, 0.6) is 5.75 Å². The zero-order valence-corrected chi connectivity index (χ0v) is 9.08. The molecule has 0 spiro atoms. The average molecular weight is 227 g/mol. The summed E-state index contributed by atoms with van der Waals surface area (Å²) < 4.78 is 10.1. The van der Waals surface area contributed by atoms with E-state index >= 15 is 0 Å². The van der Waals surface area contributed by atoms with Gasteiger partial charge in [0.2, 0.25) is 0 Å². The van der Waals surface area contributed by atoms with Gasteiger partial charge in [-0.25, -0.2) is 0 Å². The summed E-state index contributed by atoms with van der Waals surface area (Å²) in [6.07, 6.45) is 0.628. The zero-order chi connectivity index (χ0) is 10.8. The predicted octanol–water partition coefficient (Wildman–Crippen LogP) is 2.06. The maximum atomic E-state index is 11.3. The van der Waals surface area contributed by atoms with E-state index in [0.29, 0.717) is 18.1 Å². The van der Waals surface area contributed by atoms with Gasteiger partial charge in [0.15, 0.2) is 0 Å². The summed E-state index contributed by atoms with van der Waals surface area (Å²) in [7, 11) is 1.38. The fourth-order valence-corrected chi connectivity index (χ4v) is 1.88. The number of halogens is 1. The van der Waals surface area contributed by atoms with E-state index in [9.17, 15) is 4.79 Å². The van der Waals surface area contributed by atoms with Crippen molar-refractivity contribution in [1.29, 1.82) is 0 Å². The van der Waals surface area contributed by atoms with Gasteiger partial charge in [0.05, 0.1) is 13.0 Å². The Labute approximate surface area is 92.9 Å². The van der Waals surface area contributed by atoms with Crippen molar-refractivity contribution < 1.29 is 14.3 Å². The first-order chi connectivity index (χ1) is 7.20. The molecule has 1 heterocycles. The number of fused-ring (bicyclic) bond motifs is 1. The number of ether oxygens (including phenoxy) is 2. The molecule has 0 aromatic heterocycles. The molecule has 4 heteroatoms. The molecule has 0 fully saturated rings. The number of hydrogen-bond acceptors (Lipinski definition) is 3. The van der Waals surface area contributed by atoms with Gasteiger partial charge in [0.1, 0.15) is 12.4 Å². The van der Waals surface area contributed by atoms with E-state index in [1.165, 1.54) is 7.11 Å². The predicted molar refractivity (Wildman–Crippen MR) is 56.2 cm³/mol.